The third kappa shape index (κ3) is 3.34. The monoisotopic (exact) mass is 334 g/mol. The fourth-order valence-corrected chi connectivity index (χ4v) is 3.28. The van der Waals surface area contributed by atoms with E-state index in [2.05, 4.69) is 20.5 Å². The van der Waals surface area contributed by atoms with Crippen molar-refractivity contribution in [2.75, 3.05) is 5.32 Å². The normalized spacial score (nSPS) is 10.6. The van der Waals surface area contributed by atoms with E-state index in [0.717, 1.165) is 5.01 Å². The predicted octanol–water partition coefficient (Wildman–Crippen LogP) is 3.29. The van der Waals surface area contributed by atoms with E-state index < -0.39 is 0 Å². The molecule has 0 aliphatic rings. The van der Waals surface area contributed by atoms with E-state index in [4.69, 9.17) is 0 Å². The van der Waals surface area contributed by atoms with Crippen molar-refractivity contribution >= 4 is 33.7 Å². The molecule has 0 saturated carbocycles. The molecule has 2 heterocycles. The summed E-state index contributed by atoms with van der Waals surface area (Å²) in [5, 5.41) is 13.9. The van der Waals surface area contributed by atoms with Crippen LogP contribution in [0.3, 0.4) is 0 Å². The van der Waals surface area contributed by atoms with Gasteiger partial charge in [0.2, 0.25) is 11.0 Å². The van der Waals surface area contributed by atoms with Gasteiger partial charge in [-0.2, -0.15) is 0 Å². The first kappa shape index (κ1) is 14.7. The van der Waals surface area contributed by atoms with Crippen LogP contribution in [0.1, 0.15) is 10.7 Å². The van der Waals surface area contributed by atoms with Crippen LogP contribution in [0.4, 0.5) is 9.52 Å². The molecule has 0 fully saturated rings. The molecule has 0 saturated heterocycles. The van der Waals surface area contributed by atoms with E-state index in [9.17, 15) is 9.18 Å². The number of halogens is 1. The highest BCUT2D eigenvalue weighted by atomic mass is 32.1. The number of benzene rings is 1. The number of carbonyl (C=O) groups is 1. The Morgan fingerprint density at radius 3 is 2.86 bits per heavy atom. The van der Waals surface area contributed by atoms with Crippen molar-refractivity contribution in [3.8, 4) is 10.6 Å². The number of nitrogens with one attached hydrogen (secondary N) is 1. The number of rotatable bonds is 4. The lowest BCUT2D eigenvalue weighted by molar-refractivity contribution is -0.115. The second kappa shape index (κ2) is 6.29. The molecule has 0 atom stereocenters. The number of thiazole rings is 1. The second-order valence-electron chi connectivity index (χ2n) is 4.48. The van der Waals surface area contributed by atoms with Gasteiger partial charge in [0.05, 0.1) is 12.1 Å². The molecule has 0 spiro atoms. The third-order valence-corrected chi connectivity index (χ3v) is 4.45. The number of carbonyl (C=O) groups excluding carboxylic acids is 1. The van der Waals surface area contributed by atoms with Gasteiger partial charge in [0.25, 0.3) is 0 Å². The topological polar surface area (TPSA) is 67.8 Å². The zero-order valence-electron chi connectivity index (χ0n) is 11.5. The van der Waals surface area contributed by atoms with Gasteiger partial charge in [0, 0.05) is 10.9 Å². The van der Waals surface area contributed by atoms with E-state index in [1.807, 2.05) is 6.92 Å². The van der Waals surface area contributed by atoms with E-state index in [-0.39, 0.29) is 18.1 Å². The first-order valence-corrected chi connectivity index (χ1v) is 8.10. The molecule has 112 valence electrons. The Bertz CT molecular complexity index is 815. The number of aryl methyl sites for hydroxylation is 1. The lowest BCUT2D eigenvalue weighted by Crippen LogP contribution is -2.14. The molecule has 0 radical (unpaired) electrons. The lowest BCUT2D eigenvalue weighted by Gasteiger charge is -1.99. The van der Waals surface area contributed by atoms with Crippen LogP contribution in [0.25, 0.3) is 10.6 Å². The zero-order valence-corrected chi connectivity index (χ0v) is 13.2. The summed E-state index contributed by atoms with van der Waals surface area (Å²) in [5.74, 6) is -0.543. The van der Waals surface area contributed by atoms with Gasteiger partial charge in [0.15, 0.2) is 0 Å². The number of hydrogen-bond donors (Lipinski definition) is 1. The van der Waals surface area contributed by atoms with Gasteiger partial charge in [-0.3, -0.25) is 4.79 Å². The second-order valence-corrected chi connectivity index (χ2v) is 6.51. The fourth-order valence-electron chi connectivity index (χ4n) is 1.82. The largest absolute Gasteiger partial charge is 0.300 e. The Balaban J connectivity index is 1.69. The minimum atomic E-state index is -0.322. The predicted molar refractivity (Wildman–Crippen MR) is 84.5 cm³/mol. The number of anilines is 1. The van der Waals surface area contributed by atoms with E-state index in [1.165, 1.54) is 28.7 Å². The van der Waals surface area contributed by atoms with Crippen LogP contribution in [0, 0.1) is 12.7 Å². The van der Waals surface area contributed by atoms with Crippen LogP contribution in [-0.4, -0.2) is 21.1 Å². The molecule has 1 aromatic carbocycles. The van der Waals surface area contributed by atoms with Crippen LogP contribution < -0.4 is 5.32 Å². The Labute approximate surface area is 133 Å². The summed E-state index contributed by atoms with van der Waals surface area (Å²) in [5.41, 5.74) is 1.04. The quantitative estimate of drug-likeness (QED) is 0.795. The summed E-state index contributed by atoms with van der Waals surface area (Å²) < 4.78 is 13.7. The fraction of sp³-hybridized carbons (Fsp3) is 0.143. The summed E-state index contributed by atoms with van der Waals surface area (Å²) in [6.45, 7) is 1.81. The molecular weight excluding hydrogens is 323 g/mol. The maximum Gasteiger partial charge on any atom is 0.232 e. The number of hydrogen-bond acceptors (Lipinski definition) is 6. The molecule has 0 bridgehead atoms. The molecule has 3 rings (SSSR count). The van der Waals surface area contributed by atoms with Gasteiger partial charge >= 0.3 is 0 Å². The van der Waals surface area contributed by atoms with Gasteiger partial charge in [-0.25, -0.2) is 9.37 Å². The van der Waals surface area contributed by atoms with E-state index in [1.54, 1.807) is 23.6 Å². The molecular formula is C14H11FN4OS2. The average Bonchev–Trinajstić information content (AvgIpc) is 3.09. The summed E-state index contributed by atoms with van der Waals surface area (Å²) >= 11 is 2.62. The zero-order chi connectivity index (χ0) is 15.5. The molecule has 8 heteroatoms. The van der Waals surface area contributed by atoms with Gasteiger partial charge in [0.1, 0.15) is 15.8 Å². The number of aromatic nitrogens is 3. The highest BCUT2D eigenvalue weighted by Crippen LogP contribution is 2.26. The van der Waals surface area contributed by atoms with Crippen LogP contribution >= 0.6 is 22.7 Å². The Morgan fingerprint density at radius 1 is 1.32 bits per heavy atom. The van der Waals surface area contributed by atoms with Gasteiger partial charge in [-0.1, -0.05) is 23.5 Å². The summed E-state index contributed by atoms with van der Waals surface area (Å²) in [6, 6.07) is 6.44. The summed E-state index contributed by atoms with van der Waals surface area (Å²) in [6.07, 6.45) is 0.115. The molecule has 22 heavy (non-hydrogen) atoms. The molecule has 1 N–H and O–H groups in total. The number of nitrogens with zero attached hydrogens (tertiary/aromatic N) is 3. The maximum atomic E-state index is 13.7. The Morgan fingerprint density at radius 2 is 2.14 bits per heavy atom. The first-order chi connectivity index (χ1) is 10.6. The van der Waals surface area contributed by atoms with Crippen LogP contribution in [0.15, 0.2) is 29.6 Å². The van der Waals surface area contributed by atoms with Crippen molar-refractivity contribution < 1.29 is 9.18 Å². The van der Waals surface area contributed by atoms with Gasteiger partial charge < -0.3 is 5.32 Å². The van der Waals surface area contributed by atoms with Crippen molar-refractivity contribution in [2.24, 2.45) is 0 Å². The minimum Gasteiger partial charge on any atom is -0.300 e. The average molecular weight is 334 g/mol. The maximum absolute atomic E-state index is 13.7. The molecule has 0 aliphatic heterocycles. The van der Waals surface area contributed by atoms with E-state index >= 15 is 0 Å². The van der Waals surface area contributed by atoms with Crippen LogP contribution in [0.2, 0.25) is 0 Å². The molecule has 1 amide bonds. The van der Waals surface area contributed by atoms with Gasteiger partial charge in [-0.15, -0.1) is 21.5 Å². The lowest BCUT2D eigenvalue weighted by atomic mass is 10.2. The minimum absolute atomic E-state index is 0.115. The molecule has 5 nitrogen and oxygen atoms in total. The number of amides is 1. The molecule has 2 aromatic heterocycles. The molecule has 0 unspecified atom stereocenters. The standard InChI is InChI=1S/C14H11FN4OS2/c1-8-18-19-14(22-8)17-12(20)6-9-7-21-13(16-9)10-4-2-3-5-11(10)15/h2-5,7H,6H2,1H3,(H,17,19,20). The van der Waals surface area contributed by atoms with Crippen LogP contribution in [0.5, 0.6) is 0 Å². The van der Waals surface area contributed by atoms with Crippen molar-refractivity contribution in [3.63, 3.8) is 0 Å². The Kier molecular flexibility index (Phi) is 4.21. The first-order valence-electron chi connectivity index (χ1n) is 6.41. The highest BCUT2D eigenvalue weighted by molar-refractivity contribution is 7.15. The molecule has 0 aliphatic carbocycles. The van der Waals surface area contributed by atoms with Crippen molar-refractivity contribution in [3.05, 3.63) is 46.2 Å². The highest BCUT2D eigenvalue weighted by Gasteiger charge is 2.12. The summed E-state index contributed by atoms with van der Waals surface area (Å²) in [4.78, 5) is 16.2. The smallest absolute Gasteiger partial charge is 0.232 e. The third-order valence-electron chi connectivity index (χ3n) is 2.77. The Hall–Kier alpha value is -2.19. The van der Waals surface area contributed by atoms with Crippen LogP contribution in [-0.2, 0) is 11.2 Å². The van der Waals surface area contributed by atoms with Crippen molar-refractivity contribution in [1.82, 2.24) is 15.2 Å². The summed E-state index contributed by atoms with van der Waals surface area (Å²) in [7, 11) is 0. The van der Waals surface area contributed by atoms with E-state index in [0.29, 0.717) is 21.4 Å². The van der Waals surface area contributed by atoms with Crippen molar-refractivity contribution in [2.45, 2.75) is 13.3 Å². The van der Waals surface area contributed by atoms with Gasteiger partial charge in [-0.05, 0) is 19.1 Å². The van der Waals surface area contributed by atoms with Crippen molar-refractivity contribution in [1.29, 1.82) is 0 Å². The molecule has 3 aromatic rings. The SMILES string of the molecule is Cc1nnc(NC(=O)Cc2csc(-c3ccccc3F)n2)s1.